The highest BCUT2D eigenvalue weighted by molar-refractivity contribution is 5.83. The van der Waals surface area contributed by atoms with Gasteiger partial charge in [0.05, 0.1) is 23.2 Å². The number of hydrogen-bond donors (Lipinski definition) is 0. The van der Waals surface area contributed by atoms with Crippen LogP contribution >= 0.6 is 0 Å². The summed E-state index contributed by atoms with van der Waals surface area (Å²) < 4.78 is 54.9. The summed E-state index contributed by atoms with van der Waals surface area (Å²) in [5.74, 6) is -1.11. The van der Waals surface area contributed by atoms with E-state index in [1.54, 1.807) is 28.0 Å². The number of benzene rings is 2. The molecule has 3 aliphatic rings. The first-order valence-corrected chi connectivity index (χ1v) is 12.1. The number of carbonyl (C=O) groups is 2. The molecular weight excluding hydrogens is 476 g/mol. The number of para-hydroxylation sites is 1. The van der Waals surface area contributed by atoms with Crippen molar-refractivity contribution >= 4 is 23.2 Å². The summed E-state index contributed by atoms with van der Waals surface area (Å²) in [6.45, 7) is 4.43. The van der Waals surface area contributed by atoms with Crippen LogP contribution in [0.15, 0.2) is 42.5 Å². The molecule has 3 heterocycles. The lowest BCUT2D eigenvalue weighted by molar-refractivity contribution is -0.142. The molecule has 2 saturated heterocycles. The molecule has 2 fully saturated rings. The Balaban J connectivity index is 1.46. The summed E-state index contributed by atoms with van der Waals surface area (Å²) >= 11 is 0. The molecule has 3 aliphatic heterocycles. The van der Waals surface area contributed by atoms with E-state index in [9.17, 15) is 27.2 Å². The van der Waals surface area contributed by atoms with Gasteiger partial charge in [-0.1, -0.05) is 12.1 Å². The van der Waals surface area contributed by atoms with Crippen molar-refractivity contribution in [1.82, 2.24) is 9.80 Å². The number of carbonyl (C=O) groups excluding carboxylic acids is 2. The first-order chi connectivity index (χ1) is 17.1. The minimum absolute atomic E-state index is 0.0487. The standard InChI is InChI=1S/C26H28F4N4O2/c1-17(35)31-8-10-32(11-9-31)25(36)20-15-18-14-19(26(28,29)30)6-7-22(18)34-13-12-33(16-24(20)34)23-5-3-2-4-21(23)27/h2-7,14,20,24H,8-13,15-16H2,1H3/t20-,24-/m1/s1. The van der Waals surface area contributed by atoms with Gasteiger partial charge in [-0.2, -0.15) is 13.2 Å². The van der Waals surface area contributed by atoms with Crippen LogP contribution in [0.3, 0.4) is 0 Å². The fraction of sp³-hybridized carbons (Fsp3) is 0.462. The van der Waals surface area contributed by atoms with E-state index in [1.807, 2.05) is 9.80 Å². The summed E-state index contributed by atoms with van der Waals surface area (Å²) in [6.07, 6.45) is -4.30. The average Bonchev–Trinajstić information content (AvgIpc) is 2.87. The second kappa shape index (κ2) is 9.29. The third-order valence-corrected chi connectivity index (χ3v) is 7.59. The monoisotopic (exact) mass is 504 g/mol. The third-order valence-electron chi connectivity index (χ3n) is 7.59. The van der Waals surface area contributed by atoms with E-state index in [-0.39, 0.29) is 30.1 Å². The lowest BCUT2D eigenvalue weighted by Gasteiger charge is -2.50. The molecular formula is C26H28F4N4O2. The fourth-order valence-corrected chi connectivity index (χ4v) is 5.69. The summed E-state index contributed by atoms with van der Waals surface area (Å²) in [6, 6.07) is 9.90. The topological polar surface area (TPSA) is 47.1 Å². The van der Waals surface area contributed by atoms with Crippen molar-refractivity contribution in [2.45, 2.75) is 25.6 Å². The molecule has 2 amide bonds. The molecule has 0 saturated carbocycles. The van der Waals surface area contributed by atoms with Gasteiger partial charge in [0.25, 0.3) is 0 Å². The number of halogens is 4. The van der Waals surface area contributed by atoms with Crippen molar-refractivity contribution < 1.29 is 27.2 Å². The number of piperazine rings is 2. The largest absolute Gasteiger partial charge is 0.416 e. The number of hydrogen-bond acceptors (Lipinski definition) is 4. The van der Waals surface area contributed by atoms with E-state index in [4.69, 9.17) is 0 Å². The molecule has 2 aromatic rings. The zero-order valence-corrected chi connectivity index (χ0v) is 20.0. The minimum Gasteiger partial charge on any atom is -0.365 e. The number of nitrogens with zero attached hydrogens (tertiary/aromatic N) is 4. The Labute approximate surface area is 207 Å². The minimum atomic E-state index is -4.47. The Kier molecular flexibility index (Phi) is 6.30. The van der Waals surface area contributed by atoms with E-state index in [0.717, 1.165) is 12.1 Å². The van der Waals surface area contributed by atoms with Gasteiger partial charge in [0.2, 0.25) is 11.8 Å². The predicted octanol–water partition coefficient (Wildman–Crippen LogP) is 3.40. The van der Waals surface area contributed by atoms with Crippen molar-refractivity contribution in [3.05, 3.63) is 59.4 Å². The first kappa shape index (κ1) is 24.4. The van der Waals surface area contributed by atoms with Crippen LogP contribution in [0, 0.1) is 11.7 Å². The predicted molar refractivity (Wildman–Crippen MR) is 127 cm³/mol. The van der Waals surface area contributed by atoms with Gasteiger partial charge in [0.1, 0.15) is 5.82 Å². The Bertz CT molecular complexity index is 1160. The van der Waals surface area contributed by atoms with Crippen molar-refractivity contribution in [1.29, 1.82) is 0 Å². The molecule has 192 valence electrons. The van der Waals surface area contributed by atoms with Crippen LogP contribution in [0.5, 0.6) is 0 Å². The molecule has 10 heteroatoms. The molecule has 2 aromatic carbocycles. The fourth-order valence-electron chi connectivity index (χ4n) is 5.69. The van der Waals surface area contributed by atoms with Crippen LogP contribution in [0.4, 0.5) is 28.9 Å². The van der Waals surface area contributed by atoms with Crippen LogP contribution in [-0.2, 0) is 22.2 Å². The van der Waals surface area contributed by atoms with Gasteiger partial charge < -0.3 is 19.6 Å². The summed E-state index contributed by atoms with van der Waals surface area (Å²) in [5.41, 5.74) is 0.926. The molecule has 0 aromatic heterocycles. The Hall–Kier alpha value is -3.30. The van der Waals surface area contributed by atoms with Crippen LogP contribution in [0.2, 0.25) is 0 Å². The highest BCUT2D eigenvalue weighted by atomic mass is 19.4. The highest BCUT2D eigenvalue weighted by Crippen LogP contribution is 2.41. The van der Waals surface area contributed by atoms with Crippen molar-refractivity contribution in [3.8, 4) is 0 Å². The van der Waals surface area contributed by atoms with Crippen molar-refractivity contribution in [2.75, 3.05) is 55.6 Å². The number of fused-ring (bicyclic) bond motifs is 3. The molecule has 6 nitrogen and oxygen atoms in total. The molecule has 0 aliphatic carbocycles. The Morgan fingerprint density at radius 1 is 0.889 bits per heavy atom. The third kappa shape index (κ3) is 4.49. The number of amides is 2. The van der Waals surface area contributed by atoms with Gasteiger partial charge in [-0.25, -0.2) is 4.39 Å². The highest BCUT2D eigenvalue weighted by Gasteiger charge is 2.44. The van der Waals surface area contributed by atoms with Gasteiger partial charge in [0.15, 0.2) is 0 Å². The van der Waals surface area contributed by atoms with E-state index < -0.39 is 17.7 Å². The van der Waals surface area contributed by atoms with Crippen molar-refractivity contribution in [3.63, 3.8) is 0 Å². The van der Waals surface area contributed by atoms with Gasteiger partial charge in [-0.15, -0.1) is 0 Å². The number of anilines is 2. The van der Waals surface area contributed by atoms with E-state index in [2.05, 4.69) is 0 Å². The Morgan fingerprint density at radius 2 is 1.58 bits per heavy atom. The van der Waals surface area contributed by atoms with Gasteiger partial charge in [0, 0.05) is 58.4 Å². The normalized spacial score (nSPS) is 22.2. The summed E-state index contributed by atoms with van der Waals surface area (Å²) in [4.78, 5) is 32.8. The van der Waals surface area contributed by atoms with Crippen LogP contribution in [-0.4, -0.2) is 73.5 Å². The second-order valence-electron chi connectivity index (χ2n) is 9.64. The lowest BCUT2D eigenvalue weighted by atomic mass is 9.82. The molecule has 0 radical (unpaired) electrons. The van der Waals surface area contributed by atoms with Crippen molar-refractivity contribution in [2.24, 2.45) is 5.92 Å². The zero-order chi connectivity index (χ0) is 25.6. The molecule has 36 heavy (non-hydrogen) atoms. The van der Waals surface area contributed by atoms with Gasteiger partial charge in [-0.3, -0.25) is 9.59 Å². The SMILES string of the molecule is CC(=O)N1CCN(C(=O)[C@@H]2Cc3cc(C(F)(F)F)ccc3N3CCN(c4ccccc4F)C[C@H]23)CC1. The van der Waals surface area contributed by atoms with E-state index >= 15 is 0 Å². The summed E-state index contributed by atoms with van der Waals surface area (Å²) in [7, 11) is 0. The van der Waals surface area contributed by atoms with Crippen LogP contribution in [0.25, 0.3) is 0 Å². The lowest BCUT2D eigenvalue weighted by Crippen LogP contribution is -2.62. The quantitative estimate of drug-likeness (QED) is 0.589. The molecule has 0 bridgehead atoms. The molecule has 2 atom stereocenters. The zero-order valence-electron chi connectivity index (χ0n) is 20.0. The maximum absolute atomic E-state index is 14.6. The number of alkyl halides is 3. The maximum atomic E-state index is 14.6. The second-order valence-corrected chi connectivity index (χ2v) is 9.64. The van der Waals surface area contributed by atoms with Gasteiger partial charge >= 0.3 is 6.18 Å². The smallest absolute Gasteiger partial charge is 0.365 e. The molecule has 0 unspecified atom stereocenters. The van der Waals surface area contributed by atoms with Crippen LogP contribution in [0.1, 0.15) is 18.1 Å². The van der Waals surface area contributed by atoms with E-state index in [1.165, 1.54) is 19.1 Å². The maximum Gasteiger partial charge on any atom is 0.416 e. The first-order valence-electron chi connectivity index (χ1n) is 12.1. The van der Waals surface area contributed by atoms with Gasteiger partial charge in [-0.05, 0) is 42.3 Å². The summed E-state index contributed by atoms with van der Waals surface area (Å²) in [5, 5.41) is 0. The van der Waals surface area contributed by atoms with E-state index in [0.29, 0.717) is 62.8 Å². The molecule has 0 spiro atoms. The molecule has 0 N–H and O–H groups in total. The molecule has 5 rings (SSSR count). The number of rotatable bonds is 2. The van der Waals surface area contributed by atoms with Crippen LogP contribution < -0.4 is 9.80 Å². The average molecular weight is 505 g/mol. The Morgan fingerprint density at radius 3 is 2.25 bits per heavy atom.